The Morgan fingerprint density at radius 2 is 1.83 bits per heavy atom. The molecule has 0 amide bonds. The molecule has 0 N–H and O–H groups in total. The minimum atomic E-state index is -0.480. The predicted octanol–water partition coefficient (Wildman–Crippen LogP) is 3.76. The van der Waals surface area contributed by atoms with E-state index < -0.39 is 5.97 Å². The van der Waals surface area contributed by atoms with Crippen LogP contribution in [0.2, 0.25) is 0 Å². The average Bonchev–Trinajstić information content (AvgIpc) is 3.12. The molecule has 1 aliphatic heterocycles. The van der Waals surface area contributed by atoms with Gasteiger partial charge in [0.1, 0.15) is 6.61 Å². The lowest BCUT2D eigenvalue weighted by Crippen LogP contribution is -2.20. The molecule has 2 aromatic carbocycles. The maximum Gasteiger partial charge on any atom is 0.344 e. The number of carbonyl (C=O) groups is 2. The van der Waals surface area contributed by atoms with Gasteiger partial charge in [-0.05, 0) is 37.1 Å². The van der Waals surface area contributed by atoms with Crippen LogP contribution in [0.25, 0.3) is 11.1 Å². The van der Waals surface area contributed by atoms with Crippen molar-refractivity contribution in [3.63, 3.8) is 0 Å². The quantitative estimate of drug-likeness (QED) is 0.624. The van der Waals surface area contributed by atoms with E-state index in [4.69, 9.17) is 23.7 Å². The van der Waals surface area contributed by atoms with Crippen LogP contribution in [0.4, 0.5) is 0 Å². The third kappa shape index (κ3) is 4.13. The van der Waals surface area contributed by atoms with Gasteiger partial charge in [-0.2, -0.15) is 0 Å². The lowest BCUT2D eigenvalue weighted by molar-refractivity contribution is -0.150. The van der Waals surface area contributed by atoms with Gasteiger partial charge in [0.05, 0.1) is 25.9 Å². The highest BCUT2D eigenvalue weighted by Crippen LogP contribution is 2.46. The third-order valence-electron chi connectivity index (χ3n) is 4.78. The highest BCUT2D eigenvalue weighted by atomic mass is 16.6. The van der Waals surface area contributed by atoms with Crippen LogP contribution in [-0.2, 0) is 20.9 Å². The summed E-state index contributed by atoms with van der Waals surface area (Å²) in [5.74, 6) is 0.306. The molecular weight excluding hydrogens is 376 g/mol. The largest absolute Gasteiger partial charge is 0.493 e. The molecule has 0 saturated heterocycles. The Balaban J connectivity index is 2.02. The molecule has 2 aromatic rings. The predicted molar refractivity (Wildman–Crippen MR) is 105 cm³/mol. The van der Waals surface area contributed by atoms with Gasteiger partial charge in [0.25, 0.3) is 0 Å². The zero-order chi connectivity index (χ0) is 21.0. The summed E-state index contributed by atoms with van der Waals surface area (Å²) >= 11 is 0. The molecule has 0 spiro atoms. The molecule has 0 radical (unpaired) electrons. The number of esters is 2. The molecule has 1 unspecified atom stereocenters. The maximum atomic E-state index is 12.1. The molecule has 0 bridgehead atoms. The molecule has 0 aliphatic carbocycles. The summed E-state index contributed by atoms with van der Waals surface area (Å²) in [6.45, 7) is 3.64. The van der Waals surface area contributed by atoms with Crippen LogP contribution in [-0.4, -0.2) is 38.9 Å². The Morgan fingerprint density at radius 3 is 2.52 bits per heavy atom. The Bertz CT molecular complexity index is 920. The molecule has 7 nitrogen and oxygen atoms in total. The van der Waals surface area contributed by atoms with E-state index in [1.54, 1.807) is 24.3 Å². The van der Waals surface area contributed by atoms with Gasteiger partial charge >= 0.3 is 11.9 Å². The average molecular weight is 400 g/mol. The molecule has 1 atom stereocenters. The first-order chi connectivity index (χ1) is 14.0. The van der Waals surface area contributed by atoms with Crippen molar-refractivity contribution < 1.29 is 33.3 Å². The minimum absolute atomic E-state index is 0.175. The van der Waals surface area contributed by atoms with E-state index in [0.29, 0.717) is 34.8 Å². The molecule has 7 heteroatoms. The number of cyclic esters (lactones) is 1. The summed E-state index contributed by atoms with van der Waals surface area (Å²) in [4.78, 5) is 24.1. The van der Waals surface area contributed by atoms with Crippen LogP contribution < -0.4 is 14.2 Å². The molecule has 0 saturated carbocycles. The first kappa shape index (κ1) is 20.5. The Hall–Kier alpha value is -3.22. The van der Waals surface area contributed by atoms with Gasteiger partial charge in [-0.1, -0.05) is 19.1 Å². The van der Waals surface area contributed by atoms with Crippen LogP contribution in [0.3, 0.4) is 0 Å². The van der Waals surface area contributed by atoms with Crippen LogP contribution in [0, 0.1) is 0 Å². The van der Waals surface area contributed by atoms with Gasteiger partial charge < -0.3 is 23.7 Å². The molecule has 0 aromatic heterocycles. The van der Waals surface area contributed by atoms with Crippen molar-refractivity contribution in [3.05, 3.63) is 41.5 Å². The number of benzene rings is 2. The van der Waals surface area contributed by atoms with E-state index in [1.807, 2.05) is 19.9 Å². The second kappa shape index (κ2) is 8.86. The van der Waals surface area contributed by atoms with Crippen molar-refractivity contribution in [1.29, 1.82) is 0 Å². The summed E-state index contributed by atoms with van der Waals surface area (Å²) in [5.41, 5.74) is 2.70. The smallest absolute Gasteiger partial charge is 0.344 e. The number of hydrogen-bond donors (Lipinski definition) is 0. The number of fused-ring (bicyclic) bond motifs is 1. The molecule has 154 valence electrons. The van der Waals surface area contributed by atoms with Gasteiger partial charge in [0.15, 0.2) is 18.1 Å². The van der Waals surface area contributed by atoms with E-state index >= 15 is 0 Å². The SMILES string of the molecule is CCC(C)OC(=O)COc1c(-c2cccc3c2COC3=O)ccc(OC)c1OC. The zero-order valence-electron chi connectivity index (χ0n) is 16.9. The van der Waals surface area contributed by atoms with Crippen molar-refractivity contribution in [2.24, 2.45) is 0 Å². The second-order valence-electron chi connectivity index (χ2n) is 6.58. The fraction of sp³-hybridized carbons (Fsp3) is 0.364. The fourth-order valence-corrected chi connectivity index (χ4v) is 3.13. The summed E-state index contributed by atoms with van der Waals surface area (Å²) in [6, 6.07) is 8.91. The van der Waals surface area contributed by atoms with E-state index in [0.717, 1.165) is 11.1 Å². The molecule has 0 fully saturated rings. The maximum absolute atomic E-state index is 12.1. The zero-order valence-corrected chi connectivity index (χ0v) is 16.9. The highest BCUT2D eigenvalue weighted by molar-refractivity contribution is 5.96. The highest BCUT2D eigenvalue weighted by Gasteiger charge is 2.27. The summed E-state index contributed by atoms with van der Waals surface area (Å²) < 4.78 is 27.2. The summed E-state index contributed by atoms with van der Waals surface area (Å²) in [7, 11) is 3.01. The first-order valence-electron chi connectivity index (χ1n) is 9.36. The number of methoxy groups -OCH3 is 2. The van der Waals surface area contributed by atoms with E-state index in [1.165, 1.54) is 14.2 Å². The molecule has 1 heterocycles. The van der Waals surface area contributed by atoms with Crippen LogP contribution >= 0.6 is 0 Å². The normalized spacial score (nSPS) is 13.3. The Labute approximate surface area is 169 Å². The monoisotopic (exact) mass is 400 g/mol. The van der Waals surface area contributed by atoms with Crippen LogP contribution in [0.15, 0.2) is 30.3 Å². The Kier molecular flexibility index (Phi) is 6.26. The van der Waals surface area contributed by atoms with E-state index in [2.05, 4.69) is 0 Å². The topological polar surface area (TPSA) is 80.3 Å². The lowest BCUT2D eigenvalue weighted by atomic mass is 9.95. The van der Waals surface area contributed by atoms with Gasteiger partial charge in [0.2, 0.25) is 5.75 Å². The van der Waals surface area contributed by atoms with Gasteiger partial charge in [-0.15, -0.1) is 0 Å². The van der Waals surface area contributed by atoms with E-state index in [9.17, 15) is 9.59 Å². The standard InChI is InChI=1S/C22H24O7/c1-5-13(2)29-19(23)12-27-20-15(9-10-18(25-3)21(20)26-4)14-7-6-8-16-17(14)11-28-22(16)24/h6-10,13H,5,11-12H2,1-4H3. The van der Waals surface area contributed by atoms with Gasteiger partial charge in [-0.25, -0.2) is 9.59 Å². The van der Waals surface area contributed by atoms with Crippen molar-refractivity contribution in [2.45, 2.75) is 33.0 Å². The molecule has 1 aliphatic rings. The number of carbonyl (C=O) groups excluding carboxylic acids is 2. The van der Waals surface area contributed by atoms with Crippen molar-refractivity contribution >= 4 is 11.9 Å². The number of ether oxygens (including phenoxy) is 5. The summed E-state index contributed by atoms with van der Waals surface area (Å²) in [5, 5.41) is 0. The second-order valence-corrected chi connectivity index (χ2v) is 6.58. The number of hydrogen-bond acceptors (Lipinski definition) is 7. The van der Waals surface area contributed by atoms with Gasteiger partial charge in [0, 0.05) is 11.1 Å². The van der Waals surface area contributed by atoms with Gasteiger partial charge in [-0.3, -0.25) is 0 Å². The summed E-state index contributed by atoms with van der Waals surface area (Å²) in [6.07, 6.45) is 0.516. The molecule has 3 rings (SSSR count). The third-order valence-corrected chi connectivity index (χ3v) is 4.78. The first-order valence-corrected chi connectivity index (χ1v) is 9.36. The van der Waals surface area contributed by atoms with Crippen molar-refractivity contribution in [1.82, 2.24) is 0 Å². The lowest BCUT2D eigenvalue weighted by Gasteiger charge is -2.19. The minimum Gasteiger partial charge on any atom is -0.493 e. The van der Waals surface area contributed by atoms with Crippen molar-refractivity contribution in [2.75, 3.05) is 20.8 Å². The van der Waals surface area contributed by atoms with E-state index in [-0.39, 0.29) is 25.3 Å². The Morgan fingerprint density at radius 1 is 1.07 bits per heavy atom. The fourth-order valence-electron chi connectivity index (χ4n) is 3.13. The van der Waals surface area contributed by atoms with Crippen LogP contribution in [0.1, 0.15) is 36.2 Å². The molecular formula is C22H24O7. The number of rotatable bonds is 8. The van der Waals surface area contributed by atoms with Crippen LogP contribution in [0.5, 0.6) is 17.2 Å². The van der Waals surface area contributed by atoms with Crippen molar-refractivity contribution in [3.8, 4) is 28.4 Å². The molecule has 29 heavy (non-hydrogen) atoms.